The Bertz CT molecular complexity index is 41.0. The van der Waals surface area contributed by atoms with E-state index in [-0.39, 0.29) is 0 Å². The van der Waals surface area contributed by atoms with Crippen molar-refractivity contribution in [3.05, 3.63) is 0 Å². The Morgan fingerprint density at radius 2 is 1.71 bits per heavy atom. The summed E-state index contributed by atoms with van der Waals surface area (Å²) >= 11 is -1.19. The fourth-order valence-electron chi connectivity index (χ4n) is 0.422. The Hall–Kier alpha value is 0.556. The summed E-state index contributed by atoms with van der Waals surface area (Å²) in [5.74, 6) is 0. The van der Waals surface area contributed by atoms with Gasteiger partial charge < -0.3 is 0 Å². The van der Waals surface area contributed by atoms with Crippen LogP contribution in [0.3, 0.4) is 0 Å². The van der Waals surface area contributed by atoms with Crippen LogP contribution in [-0.4, -0.2) is 35.7 Å². The van der Waals surface area contributed by atoms with Crippen molar-refractivity contribution in [3.8, 4) is 0 Å². The molecule has 0 aliphatic carbocycles. The van der Waals surface area contributed by atoms with E-state index in [9.17, 15) is 0 Å². The fourth-order valence-corrected chi connectivity index (χ4v) is 2.19. The van der Waals surface area contributed by atoms with Gasteiger partial charge >= 0.3 is 50.3 Å². The summed E-state index contributed by atoms with van der Waals surface area (Å²) in [5.41, 5.74) is 4.38. The summed E-state index contributed by atoms with van der Waals surface area (Å²) in [7, 11) is 3.84. The van der Waals surface area contributed by atoms with E-state index in [0.717, 1.165) is 0 Å². The zero-order valence-electron chi connectivity index (χ0n) is 5.43. The molecule has 0 atom stereocenters. The minimum absolute atomic E-state index is 1.19. The average Bonchev–Trinajstić information content (AvgIpc) is 1.27. The van der Waals surface area contributed by atoms with Crippen molar-refractivity contribution in [2.24, 2.45) is 0 Å². The van der Waals surface area contributed by atoms with Gasteiger partial charge in [-0.25, -0.2) is 0 Å². The molecule has 0 N–H and O–H groups in total. The van der Waals surface area contributed by atoms with E-state index in [1.807, 2.05) is 14.1 Å². The molecule has 0 aliphatic rings. The van der Waals surface area contributed by atoms with Crippen molar-refractivity contribution in [1.82, 2.24) is 5.06 Å². The summed E-state index contributed by atoms with van der Waals surface area (Å²) in [6, 6.07) is 0. The van der Waals surface area contributed by atoms with Crippen molar-refractivity contribution in [1.29, 1.82) is 0 Å². The summed E-state index contributed by atoms with van der Waals surface area (Å²) in [5, 5.41) is 1.78. The Labute approximate surface area is 50.9 Å². The van der Waals surface area contributed by atoms with Crippen LogP contribution >= 0.6 is 0 Å². The van der Waals surface area contributed by atoms with Gasteiger partial charge in [-0.15, -0.1) is 0 Å². The molecule has 0 amide bonds. The van der Waals surface area contributed by atoms with Crippen molar-refractivity contribution in [3.63, 3.8) is 0 Å². The third-order valence-corrected chi connectivity index (χ3v) is 2.19. The molecule has 0 radical (unpaired) electrons. The molecule has 0 spiro atoms. The Kier molecular flexibility index (Phi) is 3.83. The van der Waals surface area contributed by atoms with Crippen LogP contribution in [0, 0.1) is 0 Å². The summed E-state index contributed by atoms with van der Waals surface area (Å²) in [6.45, 7) is 0. The van der Waals surface area contributed by atoms with Gasteiger partial charge in [0.15, 0.2) is 0 Å². The fraction of sp³-hybridized carbons (Fsp3) is 1.00. The van der Waals surface area contributed by atoms with E-state index in [2.05, 4.69) is 11.0 Å². The first-order chi connectivity index (χ1) is 3.13. The van der Waals surface area contributed by atoms with Crippen molar-refractivity contribution < 1.29 is 3.63 Å². The quantitative estimate of drug-likeness (QED) is 0.436. The van der Waals surface area contributed by atoms with Crippen LogP contribution in [0.2, 0.25) is 11.0 Å². The molecule has 0 fully saturated rings. The van der Waals surface area contributed by atoms with Gasteiger partial charge in [0.1, 0.15) is 0 Å². The standard InChI is InChI=1S/C2H6NO.2CH3.Ga/c1-3(2)4;;;/h1-2H3;2*1H3;/q-1;;;+1. The van der Waals surface area contributed by atoms with Gasteiger partial charge in [0.05, 0.1) is 0 Å². The molecule has 0 aliphatic heterocycles. The van der Waals surface area contributed by atoms with E-state index >= 15 is 0 Å². The first kappa shape index (κ1) is 7.56. The van der Waals surface area contributed by atoms with Crippen molar-refractivity contribution >= 4 is 16.6 Å². The van der Waals surface area contributed by atoms with Gasteiger partial charge in [0, 0.05) is 0 Å². The zero-order chi connectivity index (χ0) is 5.86. The summed E-state index contributed by atoms with van der Waals surface area (Å²) in [6.07, 6.45) is 0. The summed E-state index contributed by atoms with van der Waals surface area (Å²) < 4.78 is 5.27. The topological polar surface area (TPSA) is 12.5 Å². The number of hydrogen-bond acceptors (Lipinski definition) is 2. The van der Waals surface area contributed by atoms with Gasteiger partial charge in [-0.2, -0.15) is 0 Å². The Morgan fingerprint density at radius 1 is 1.29 bits per heavy atom. The molecule has 3 heteroatoms. The second kappa shape index (κ2) is 3.55. The van der Waals surface area contributed by atoms with Crippen LogP contribution in [-0.2, 0) is 3.63 Å². The Morgan fingerprint density at radius 3 is 1.71 bits per heavy atom. The number of hydrogen-bond donors (Lipinski definition) is 0. The first-order valence-corrected chi connectivity index (χ1v) is 8.30. The molecule has 0 saturated carbocycles. The molecule has 42 valence electrons. The summed E-state index contributed by atoms with van der Waals surface area (Å²) in [4.78, 5) is 0. The number of nitrogens with zero attached hydrogens (tertiary/aromatic N) is 1. The molecular formula is C4H12GaNO. The van der Waals surface area contributed by atoms with E-state index in [4.69, 9.17) is 3.63 Å². The predicted octanol–water partition coefficient (Wildman–Crippen LogP) is 0.731. The van der Waals surface area contributed by atoms with Gasteiger partial charge in [-0.05, 0) is 0 Å². The van der Waals surface area contributed by atoms with Gasteiger partial charge in [0.2, 0.25) is 0 Å². The maximum absolute atomic E-state index is 5.27. The van der Waals surface area contributed by atoms with Crippen LogP contribution in [0.25, 0.3) is 0 Å². The zero-order valence-corrected chi connectivity index (χ0v) is 7.86. The molecule has 0 saturated heterocycles. The molecule has 7 heavy (non-hydrogen) atoms. The molecule has 0 aromatic carbocycles. The predicted molar refractivity (Wildman–Crippen MR) is 32.3 cm³/mol. The van der Waals surface area contributed by atoms with E-state index in [0.29, 0.717) is 0 Å². The molecule has 2 nitrogen and oxygen atoms in total. The van der Waals surface area contributed by atoms with Gasteiger partial charge in [0.25, 0.3) is 0 Å². The molecule has 0 aromatic heterocycles. The molecular weight excluding hydrogens is 148 g/mol. The van der Waals surface area contributed by atoms with Crippen LogP contribution in [0.15, 0.2) is 0 Å². The van der Waals surface area contributed by atoms with E-state index < -0.39 is 16.6 Å². The number of rotatable bonds is 2. The average molecular weight is 160 g/mol. The first-order valence-electron chi connectivity index (χ1n) is 2.47. The van der Waals surface area contributed by atoms with E-state index in [1.54, 1.807) is 5.06 Å². The monoisotopic (exact) mass is 159 g/mol. The van der Waals surface area contributed by atoms with Crippen LogP contribution < -0.4 is 0 Å². The maximum atomic E-state index is 5.27. The van der Waals surface area contributed by atoms with Crippen molar-refractivity contribution in [2.75, 3.05) is 14.1 Å². The third kappa shape index (κ3) is 6.56. The van der Waals surface area contributed by atoms with Crippen LogP contribution in [0.4, 0.5) is 0 Å². The molecule has 0 heterocycles. The van der Waals surface area contributed by atoms with Gasteiger partial charge in [-0.1, -0.05) is 0 Å². The van der Waals surface area contributed by atoms with Crippen LogP contribution in [0.1, 0.15) is 0 Å². The SMILES string of the molecule is CN(C)[O][Ga]([CH3])[CH3]. The minimum atomic E-state index is -1.19. The van der Waals surface area contributed by atoms with Crippen LogP contribution in [0.5, 0.6) is 0 Å². The molecule has 0 aromatic rings. The third-order valence-electron chi connectivity index (χ3n) is 0.422. The molecule has 0 rings (SSSR count). The second-order valence-electron chi connectivity index (χ2n) is 1.97. The second-order valence-corrected chi connectivity index (χ2v) is 6.81. The Balaban J connectivity index is 2.95. The number of hydroxylamine groups is 2. The van der Waals surface area contributed by atoms with E-state index in [1.165, 1.54) is 0 Å². The van der Waals surface area contributed by atoms with Crippen molar-refractivity contribution in [2.45, 2.75) is 11.0 Å². The van der Waals surface area contributed by atoms with Gasteiger partial charge in [-0.3, -0.25) is 0 Å². The normalized spacial score (nSPS) is 9.86. The molecule has 0 unspecified atom stereocenters. The molecule has 0 bridgehead atoms.